The lowest BCUT2D eigenvalue weighted by Gasteiger charge is -2.33. The molecule has 0 radical (unpaired) electrons. The van der Waals surface area contributed by atoms with Crippen LogP contribution in [-0.2, 0) is 10.0 Å². The monoisotopic (exact) mass is 318 g/mol. The van der Waals surface area contributed by atoms with Crippen LogP contribution in [0.2, 0.25) is 0 Å². The molecular weight excluding hydrogens is 303 g/mol. The topological polar surface area (TPSA) is 101 Å². The number of hydrogen-bond acceptors (Lipinski definition) is 5. The quantitative estimate of drug-likeness (QED) is 0.665. The number of aliphatic hydroxyl groups is 1. The normalized spacial score (nSPS) is 20.4. The molecule has 9 heteroatoms. The van der Waals surface area contributed by atoms with E-state index in [1.165, 1.54) is 0 Å². The molecule has 0 bridgehead atoms. The van der Waals surface area contributed by atoms with E-state index in [0.29, 0.717) is 18.9 Å². The first-order valence-electron chi connectivity index (χ1n) is 6.44. The number of hydrogen-bond donors (Lipinski definition) is 1. The fraction of sp³-hybridized carbons (Fsp3) is 0.500. The van der Waals surface area contributed by atoms with E-state index in [1.54, 1.807) is 0 Å². The molecule has 116 valence electrons. The second-order valence-corrected chi connectivity index (χ2v) is 6.68. The lowest BCUT2D eigenvalue weighted by molar-refractivity contribution is -0.385. The van der Waals surface area contributed by atoms with Crippen LogP contribution < -0.4 is 0 Å². The summed E-state index contributed by atoms with van der Waals surface area (Å²) in [5, 5.41) is 19.8. The van der Waals surface area contributed by atoms with Crippen LogP contribution in [0.5, 0.6) is 0 Å². The summed E-state index contributed by atoms with van der Waals surface area (Å²) >= 11 is 0. The number of halogens is 1. The Bertz CT molecular complexity index is 649. The zero-order valence-electron chi connectivity index (χ0n) is 11.1. The molecule has 2 rings (SSSR count). The van der Waals surface area contributed by atoms with Crippen molar-refractivity contribution in [3.8, 4) is 0 Å². The number of sulfonamides is 1. The van der Waals surface area contributed by atoms with Gasteiger partial charge < -0.3 is 5.11 Å². The van der Waals surface area contributed by atoms with Crippen LogP contribution in [0.3, 0.4) is 0 Å². The molecule has 1 aliphatic rings. The number of piperidine rings is 1. The number of nitro groups is 1. The van der Waals surface area contributed by atoms with Gasteiger partial charge in [0.1, 0.15) is 10.7 Å². The fourth-order valence-corrected chi connectivity index (χ4v) is 4.14. The Morgan fingerprint density at radius 1 is 1.43 bits per heavy atom. The van der Waals surface area contributed by atoms with Crippen LogP contribution in [0.15, 0.2) is 23.1 Å². The molecule has 1 fully saturated rings. The summed E-state index contributed by atoms with van der Waals surface area (Å²) < 4.78 is 39.9. The number of nitrogens with zero attached hydrogens (tertiary/aromatic N) is 2. The molecule has 1 aromatic carbocycles. The van der Waals surface area contributed by atoms with Gasteiger partial charge >= 0.3 is 0 Å². The minimum atomic E-state index is -4.12. The molecule has 0 aliphatic carbocycles. The van der Waals surface area contributed by atoms with Crippen molar-refractivity contribution in [2.45, 2.75) is 30.2 Å². The van der Waals surface area contributed by atoms with E-state index in [2.05, 4.69) is 0 Å². The predicted molar refractivity (Wildman–Crippen MR) is 71.7 cm³/mol. The largest absolute Gasteiger partial charge is 0.395 e. The Labute approximate surface area is 121 Å². The summed E-state index contributed by atoms with van der Waals surface area (Å²) in [4.78, 5) is 9.16. The maximum atomic E-state index is 13.9. The average Bonchev–Trinajstić information content (AvgIpc) is 2.46. The standard InChI is InChI=1S/C12H15FN2O5S/c13-11-7-9(15(17)18)4-5-12(11)21(19,20)14-6-2-1-3-10(14)8-16/h4-5,7,10,16H,1-3,6,8H2. The van der Waals surface area contributed by atoms with Crippen LogP contribution in [0.25, 0.3) is 0 Å². The first-order valence-corrected chi connectivity index (χ1v) is 7.88. The van der Waals surface area contributed by atoms with Crippen molar-refractivity contribution in [3.63, 3.8) is 0 Å². The van der Waals surface area contributed by atoms with Gasteiger partial charge in [0, 0.05) is 18.7 Å². The van der Waals surface area contributed by atoms with Crippen LogP contribution in [-0.4, -0.2) is 41.9 Å². The van der Waals surface area contributed by atoms with Crippen LogP contribution in [0, 0.1) is 15.9 Å². The number of rotatable bonds is 4. The van der Waals surface area contributed by atoms with E-state index in [-0.39, 0.29) is 13.2 Å². The van der Waals surface area contributed by atoms with Gasteiger partial charge in [0.2, 0.25) is 10.0 Å². The number of benzene rings is 1. The lowest BCUT2D eigenvalue weighted by Crippen LogP contribution is -2.45. The van der Waals surface area contributed by atoms with Gasteiger partial charge in [0.15, 0.2) is 0 Å². The zero-order valence-corrected chi connectivity index (χ0v) is 11.9. The molecule has 0 aromatic heterocycles. The molecule has 1 aliphatic heterocycles. The highest BCUT2D eigenvalue weighted by Gasteiger charge is 2.35. The van der Waals surface area contributed by atoms with Gasteiger partial charge in [0.05, 0.1) is 17.6 Å². The maximum absolute atomic E-state index is 13.9. The molecule has 0 spiro atoms. The van der Waals surface area contributed by atoms with E-state index < -0.39 is 37.4 Å². The van der Waals surface area contributed by atoms with E-state index in [0.717, 1.165) is 22.9 Å². The highest BCUT2D eigenvalue weighted by atomic mass is 32.2. The van der Waals surface area contributed by atoms with E-state index in [9.17, 15) is 28.0 Å². The first-order chi connectivity index (χ1) is 9.87. The third-order valence-corrected chi connectivity index (χ3v) is 5.48. The molecule has 0 amide bonds. The summed E-state index contributed by atoms with van der Waals surface area (Å²) in [7, 11) is -4.12. The van der Waals surface area contributed by atoms with Crippen molar-refractivity contribution in [1.29, 1.82) is 0 Å². The maximum Gasteiger partial charge on any atom is 0.272 e. The minimum Gasteiger partial charge on any atom is -0.395 e. The second-order valence-electron chi connectivity index (χ2n) is 4.82. The van der Waals surface area contributed by atoms with Crippen molar-refractivity contribution in [3.05, 3.63) is 34.1 Å². The van der Waals surface area contributed by atoms with Crippen molar-refractivity contribution in [2.24, 2.45) is 0 Å². The Kier molecular flexibility index (Phi) is 4.55. The van der Waals surface area contributed by atoms with Crippen LogP contribution >= 0.6 is 0 Å². The smallest absolute Gasteiger partial charge is 0.272 e. The molecule has 1 aromatic rings. The Morgan fingerprint density at radius 2 is 2.14 bits per heavy atom. The minimum absolute atomic E-state index is 0.198. The summed E-state index contributed by atoms with van der Waals surface area (Å²) in [5.74, 6) is -1.16. The SMILES string of the molecule is O=[N+]([O-])c1ccc(S(=O)(=O)N2CCCCC2CO)c(F)c1. The Hall–Kier alpha value is -1.58. The summed E-state index contributed by atoms with van der Waals surface area (Å²) in [6.07, 6.45) is 1.93. The zero-order chi connectivity index (χ0) is 15.6. The van der Waals surface area contributed by atoms with Gasteiger partial charge in [-0.05, 0) is 18.9 Å². The molecule has 21 heavy (non-hydrogen) atoms. The van der Waals surface area contributed by atoms with Crippen molar-refractivity contribution in [2.75, 3.05) is 13.2 Å². The molecule has 1 saturated heterocycles. The van der Waals surface area contributed by atoms with Gasteiger partial charge in [-0.2, -0.15) is 4.31 Å². The third kappa shape index (κ3) is 3.04. The Morgan fingerprint density at radius 3 is 2.71 bits per heavy atom. The van der Waals surface area contributed by atoms with Gasteiger partial charge in [-0.3, -0.25) is 10.1 Å². The van der Waals surface area contributed by atoms with Crippen molar-refractivity contribution >= 4 is 15.7 Å². The number of aliphatic hydroxyl groups excluding tert-OH is 1. The molecular formula is C12H15FN2O5S. The van der Waals surface area contributed by atoms with Gasteiger partial charge in [-0.15, -0.1) is 0 Å². The van der Waals surface area contributed by atoms with E-state index >= 15 is 0 Å². The summed E-state index contributed by atoms with van der Waals surface area (Å²) in [6, 6.07) is 1.85. The van der Waals surface area contributed by atoms with Crippen LogP contribution in [0.1, 0.15) is 19.3 Å². The molecule has 1 heterocycles. The molecule has 7 nitrogen and oxygen atoms in total. The van der Waals surface area contributed by atoms with E-state index in [4.69, 9.17) is 0 Å². The molecule has 1 N–H and O–H groups in total. The molecule has 1 unspecified atom stereocenters. The third-order valence-electron chi connectivity index (χ3n) is 3.50. The van der Waals surface area contributed by atoms with Crippen molar-refractivity contribution < 1.29 is 22.8 Å². The van der Waals surface area contributed by atoms with Crippen molar-refractivity contribution in [1.82, 2.24) is 4.31 Å². The summed E-state index contributed by atoms with van der Waals surface area (Å²) in [5.41, 5.74) is -0.510. The van der Waals surface area contributed by atoms with Gasteiger partial charge in [-0.1, -0.05) is 6.42 Å². The fourth-order valence-electron chi connectivity index (χ4n) is 2.41. The second kappa shape index (κ2) is 6.04. The first kappa shape index (κ1) is 15.8. The molecule has 0 saturated carbocycles. The van der Waals surface area contributed by atoms with Gasteiger partial charge in [0.25, 0.3) is 5.69 Å². The molecule has 1 atom stereocenters. The summed E-state index contributed by atoms with van der Waals surface area (Å²) in [6.45, 7) is -0.141. The van der Waals surface area contributed by atoms with E-state index in [1.807, 2.05) is 0 Å². The lowest BCUT2D eigenvalue weighted by atomic mass is 10.1. The highest BCUT2D eigenvalue weighted by Crippen LogP contribution is 2.28. The van der Waals surface area contributed by atoms with Gasteiger partial charge in [-0.25, -0.2) is 12.8 Å². The predicted octanol–water partition coefficient (Wildman–Crippen LogP) is 1.27. The number of nitro benzene ring substituents is 1. The average molecular weight is 318 g/mol. The highest BCUT2D eigenvalue weighted by molar-refractivity contribution is 7.89. The number of non-ortho nitro benzene ring substituents is 1. The van der Waals surface area contributed by atoms with Crippen LogP contribution in [0.4, 0.5) is 10.1 Å². The Balaban J connectivity index is 2.41.